The lowest BCUT2D eigenvalue weighted by atomic mass is 10.1. The first kappa shape index (κ1) is 12.3. The number of aryl methyl sites for hydroxylation is 2. The highest BCUT2D eigenvalue weighted by Crippen LogP contribution is 2.09. The molecule has 0 bridgehead atoms. The summed E-state index contributed by atoms with van der Waals surface area (Å²) >= 11 is 0. The van der Waals surface area contributed by atoms with Gasteiger partial charge < -0.3 is 9.73 Å². The third kappa shape index (κ3) is 2.74. The van der Waals surface area contributed by atoms with E-state index >= 15 is 0 Å². The number of carbonyl (C=O) groups excluding carboxylic acids is 1. The molecule has 0 aliphatic carbocycles. The van der Waals surface area contributed by atoms with E-state index in [2.05, 4.69) is 10.3 Å². The van der Waals surface area contributed by atoms with Crippen LogP contribution in [0.5, 0.6) is 0 Å². The minimum atomic E-state index is -0.324. The Bertz CT molecular complexity index is 578. The van der Waals surface area contributed by atoms with Crippen LogP contribution in [-0.2, 0) is 6.54 Å². The maximum absolute atomic E-state index is 13.1. The predicted molar refractivity (Wildman–Crippen MR) is 63.5 cm³/mol. The summed E-state index contributed by atoms with van der Waals surface area (Å²) < 4.78 is 18.3. The van der Waals surface area contributed by atoms with Gasteiger partial charge in [0.25, 0.3) is 5.91 Å². The van der Waals surface area contributed by atoms with E-state index in [1.807, 2.05) is 0 Å². The molecule has 0 atom stereocenters. The lowest BCUT2D eigenvalue weighted by molar-refractivity contribution is 0.0947. The lowest BCUT2D eigenvalue weighted by Gasteiger charge is -2.04. The number of oxazole rings is 1. The molecule has 1 amide bonds. The molecule has 0 unspecified atom stereocenters. The lowest BCUT2D eigenvalue weighted by Crippen LogP contribution is -2.23. The highest BCUT2D eigenvalue weighted by atomic mass is 19.1. The van der Waals surface area contributed by atoms with Gasteiger partial charge in [0.2, 0.25) is 5.89 Å². The number of benzene rings is 1. The van der Waals surface area contributed by atoms with Crippen molar-refractivity contribution in [1.82, 2.24) is 10.3 Å². The molecule has 2 aromatic rings. The maximum Gasteiger partial charge on any atom is 0.251 e. The van der Waals surface area contributed by atoms with Crippen LogP contribution < -0.4 is 5.32 Å². The number of nitrogens with one attached hydrogen (secondary N) is 1. The monoisotopic (exact) mass is 248 g/mol. The predicted octanol–water partition coefficient (Wildman–Crippen LogP) is 2.36. The van der Waals surface area contributed by atoms with Gasteiger partial charge >= 0.3 is 0 Å². The number of nitrogens with zero attached hydrogens (tertiary/aromatic N) is 1. The Labute approximate surface area is 104 Å². The van der Waals surface area contributed by atoms with Gasteiger partial charge in [-0.3, -0.25) is 4.79 Å². The Morgan fingerprint density at radius 1 is 1.44 bits per heavy atom. The first-order chi connectivity index (χ1) is 8.56. The van der Waals surface area contributed by atoms with Crippen molar-refractivity contribution in [2.75, 3.05) is 0 Å². The Hall–Kier alpha value is -2.17. The molecule has 1 N–H and O–H groups in total. The van der Waals surface area contributed by atoms with Crippen LogP contribution >= 0.6 is 0 Å². The summed E-state index contributed by atoms with van der Waals surface area (Å²) in [5.74, 6) is 0.528. The quantitative estimate of drug-likeness (QED) is 0.907. The number of aromatic nitrogens is 1. The Morgan fingerprint density at radius 3 is 2.83 bits per heavy atom. The van der Waals surface area contributed by atoms with Crippen molar-refractivity contribution in [3.63, 3.8) is 0 Å². The summed E-state index contributed by atoms with van der Waals surface area (Å²) in [5, 5.41) is 2.66. The molecule has 18 heavy (non-hydrogen) atoms. The molecule has 0 radical (unpaired) electrons. The molecule has 94 valence electrons. The summed E-state index contributed by atoms with van der Waals surface area (Å²) in [4.78, 5) is 15.8. The summed E-state index contributed by atoms with van der Waals surface area (Å²) in [6.07, 6.45) is 1.59. The summed E-state index contributed by atoms with van der Waals surface area (Å²) in [6, 6.07) is 4.23. The van der Waals surface area contributed by atoms with Crippen molar-refractivity contribution in [3.05, 3.63) is 53.0 Å². The molecule has 0 aliphatic heterocycles. The van der Waals surface area contributed by atoms with E-state index in [4.69, 9.17) is 4.42 Å². The van der Waals surface area contributed by atoms with Gasteiger partial charge in [-0.05, 0) is 37.6 Å². The second-order valence-electron chi connectivity index (χ2n) is 4.01. The average Bonchev–Trinajstić information content (AvgIpc) is 2.75. The van der Waals surface area contributed by atoms with Crippen molar-refractivity contribution in [3.8, 4) is 0 Å². The standard InChI is InChI=1S/C13H13FN2O2/c1-8-5-10(3-4-11(8)14)13(17)16-7-12-15-6-9(2)18-12/h3-6H,7H2,1-2H3,(H,16,17). The molecule has 0 saturated carbocycles. The minimum absolute atomic E-state index is 0.211. The number of rotatable bonds is 3. The van der Waals surface area contributed by atoms with E-state index in [0.29, 0.717) is 22.8 Å². The Kier molecular flexibility index (Phi) is 3.41. The number of amides is 1. The highest BCUT2D eigenvalue weighted by molar-refractivity contribution is 5.94. The summed E-state index contributed by atoms with van der Waals surface area (Å²) in [6.45, 7) is 3.61. The SMILES string of the molecule is Cc1cnc(CNC(=O)c2ccc(F)c(C)c2)o1. The molecular weight excluding hydrogens is 235 g/mol. The van der Waals surface area contributed by atoms with Gasteiger partial charge in [0.05, 0.1) is 12.7 Å². The van der Waals surface area contributed by atoms with Gasteiger partial charge in [0.1, 0.15) is 11.6 Å². The van der Waals surface area contributed by atoms with Crippen LogP contribution in [0.3, 0.4) is 0 Å². The second-order valence-corrected chi connectivity index (χ2v) is 4.01. The van der Waals surface area contributed by atoms with E-state index in [-0.39, 0.29) is 18.3 Å². The first-order valence-corrected chi connectivity index (χ1v) is 5.52. The van der Waals surface area contributed by atoms with Crippen molar-refractivity contribution in [1.29, 1.82) is 0 Å². The molecule has 1 heterocycles. The van der Waals surface area contributed by atoms with E-state index in [9.17, 15) is 9.18 Å². The largest absolute Gasteiger partial charge is 0.444 e. The van der Waals surface area contributed by atoms with Crippen LogP contribution in [0.1, 0.15) is 27.6 Å². The first-order valence-electron chi connectivity index (χ1n) is 5.52. The van der Waals surface area contributed by atoms with Gasteiger partial charge in [-0.1, -0.05) is 0 Å². The topological polar surface area (TPSA) is 55.1 Å². The number of carbonyl (C=O) groups is 1. The zero-order valence-electron chi connectivity index (χ0n) is 10.2. The van der Waals surface area contributed by atoms with Crippen LogP contribution in [0.4, 0.5) is 4.39 Å². The van der Waals surface area contributed by atoms with Crippen molar-refractivity contribution in [2.45, 2.75) is 20.4 Å². The highest BCUT2D eigenvalue weighted by Gasteiger charge is 2.09. The van der Waals surface area contributed by atoms with Gasteiger partial charge in [-0.25, -0.2) is 9.37 Å². The zero-order valence-corrected chi connectivity index (χ0v) is 10.2. The number of hydrogen-bond acceptors (Lipinski definition) is 3. The minimum Gasteiger partial charge on any atom is -0.444 e. The molecule has 0 fully saturated rings. The molecule has 0 aliphatic rings. The van der Waals surface area contributed by atoms with E-state index < -0.39 is 0 Å². The van der Waals surface area contributed by atoms with E-state index in [1.54, 1.807) is 20.0 Å². The molecular formula is C13H13FN2O2. The zero-order chi connectivity index (χ0) is 13.1. The Morgan fingerprint density at radius 2 is 2.22 bits per heavy atom. The van der Waals surface area contributed by atoms with E-state index in [1.165, 1.54) is 18.2 Å². The van der Waals surface area contributed by atoms with Crippen LogP contribution in [0, 0.1) is 19.7 Å². The summed E-state index contributed by atoms with van der Waals surface area (Å²) in [5.41, 5.74) is 0.854. The number of halogens is 1. The van der Waals surface area contributed by atoms with Gasteiger partial charge in [0, 0.05) is 5.56 Å². The van der Waals surface area contributed by atoms with Gasteiger partial charge in [-0.2, -0.15) is 0 Å². The third-order valence-electron chi connectivity index (χ3n) is 2.49. The number of hydrogen-bond donors (Lipinski definition) is 1. The second kappa shape index (κ2) is 5.00. The molecule has 1 aromatic heterocycles. The fourth-order valence-electron chi connectivity index (χ4n) is 1.53. The van der Waals surface area contributed by atoms with E-state index in [0.717, 1.165) is 0 Å². The fraction of sp³-hybridized carbons (Fsp3) is 0.231. The van der Waals surface area contributed by atoms with Gasteiger partial charge in [0.15, 0.2) is 0 Å². The molecule has 1 aromatic carbocycles. The van der Waals surface area contributed by atoms with Crippen molar-refractivity contribution < 1.29 is 13.6 Å². The van der Waals surface area contributed by atoms with Gasteiger partial charge in [-0.15, -0.1) is 0 Å². The molecule has 4 nitrogen and oxygen atoms in total. The molecule has 0 spiro atoms. The Balaban J connectivity index is 2.01. The molecule has 2 rings (SSSR count). The van der Waals surface area contributed by atoms with Crippen molar-refractivity contribution >= 4 is 5.91 Å². The summed E-state index contributed by atoms with van der Waals surface area (Å²) in [7, 11) is 0. The third-order valence-corrected chi connectivity index (χ3v) is 2.49. The van der Waals surface area contributed by atoms with Crippen LogP contribution in [0.25, 0.3) is 0 Å². The maximum atomic E-state index is 13.1. The van der Waals surface area contributed by atoms with Crippen LogP contribution in [0.15, 0.2) is 28.8 Å². The van der Waals surface area contributed by atoms with Crippen LogP contribution in [-0.4, -0.2) is 10.9 Å². The normalized spacial score (nSPS) is 10.4. The molecule has 5 heteroatoms. The van der Waals surface area contributed by atoms with Crippen molar-refractivity contribution in [2.24, 2.45) is 0 Å². The smallest absolute Gasteiger partial charge is 0.251 e. The molecule has 0 saturated heterocycles. The van der Waals surface area contributed by atoms with Crippen LogP contribution in [0.2, 0.25) is 0 Å². The average molecular weight is 248 g/mol. The fourth-order valence-corrected chi connectivity index (χ4v) is 1.53.